The number of hydrogen-bond acceptors (Lipinski definition) is 25. The molecule has 356 valence electrons. The summed E-state index contributed by atoms with van der Waals surface area (Å²) in [5.74, 6) is -5.63. The van der Waals surface area contributed by atoms with Crippen molar-refractivity contribution in [1.82, 2.24) is 0 Å². The molecule has 0 unspecified atom stereocenters. The second kappa shape index (κ2) is 25.9. The first-order chi connectivity index (χ1) is 33.1. The summed E-state index contributed by atoms with van der Waals surface area (Å²) < 4.78 is 85.0. The number of nitro benzene ring substituents is 1. The van der Waals surface area contributed by atoms with Crippen molar-refractivity contribution in [3.8, 4) is 11.5 Å². The maximum Gasteiger partial charge on any atom is 1.00 e. The third-order valence-corrected chi connectivity index (χ3v) is 11.6. The van der Waals surface area contributed by atoms with Gasteiger partial charge in [-0.15, -0.1) is 20.5 Å². The summed E-state index contributed by atoms with van der Waals surface area (Å²) in [6.07, 6.45) is 3.94. The molecule has 32 heteroatoms. The van der Waals surface area contributed by atoms with Crippen molar-refractivity contribution in [3.05, 3.63) is 128 Å². The van der Waals surface area contributed by atoms with Gasteiger partial charge in [-0.2, -0.15) is 10.2 Å². The first-order valence-electron chi connectivity index (χ1n) is 19.2. The van der Waals surface area contributed by atoms with Gasteiger partial charge in [-0.1, -0.05) is 6.07 Å². The Kier molecular flexibility index (Phi) is 22.0. The molecule has 7 rings (SSSR count). The van der Waals surface area contributed by atoms with E-state index in [0.717, 1.165) is 42.5 Å². The molecule has 0 heterocycles. The minimum atomic E-state index is -5.52. The molecule has 5 aromatic rings. The second-order valence-electron chi connectivity index (χ2n) is 14.2. The van der Waals surface area contributed by atoms with E-state index in [0.29, 0.717) is 6.07 Å². The van der Waals surface area contributed by atoms with Crippen LogP contribution < -0.4 is 155 Å². The third-order valence-electron chi connectivity index (χ3n) is 9.95. The number of nitrogen functional groups attached to an aromatic ring is 1. The zero-order valence-corrected chi connectivity index (χ0v) is 48.9. The van der Waals surface area contributed by atoms with E-state index >= 15 is 0 Å². The summed E-state index contributed by atoms with van der Waals surface area (Å²) in [7, 11) is -8.06. The van der Waals surface area contributed by atoms with Crippen LogP contribution in [0.4, 0.5) is 45.5 Å². The summed E-state index contributed by atoms with van der Waals surface area (Å²) in [5.41, 5.74) is 6.84. The number of benzene rings is 5. The summed E-state index contributed by atoms with van der Waals surface area (Å²) >= 11 is 0. The Morgan fingerprint density at radius 3 is 1.95 bits per heavy atom. The van der Waals surface area contributed by atoms with Crippen molar-refractivity contribution in [1.29, 1.82) is 0 Å². The van der Waals surface area contributed by atoms with Crippen molar-refractivity contribution in [3.63, 3.8) is 0 Å². The number of carbonyl (C=O) groups is 4. The zero-order valence-electron chi connectivity index (χ0n) is 39.3. The number of aromatic carboxylic acids is 1. The number of nitrogens with zero attached hydrogens (tertiary/aromatic N) is 7. The number of ketones is 2. The van der Waals surface area contributed by atoms with Crippen molar-refractivity contribution in [2.24, 2.45) is 30.7 Å². The molecule has 0 aliphatic heterocycles. The fourth-order valence-electron chi connectivity index (χ4n) is 6.60. The van der Waals surface area contributed by atoms with Crippen LogP contribution in [0, 0.1) is 10.1 Å². The van der Waals surface area contributed by atoms with Crippen LogP contribution in [0.2, 0.25) is 0 Å². The molecular weight excluding hydrogens is 1060 g/mol. The Labute approximate surface area is 505 Å². The van der Waals surface area contributed by atoms with Gasteiger partial charge in [0.2, 0.25) is 5.78 Å². The number of Topliss-reactive ketones (excluding diaryl/α,β-unsaturated/α-hetero) is 1. The molecule has 0 aromatic heterocycles. The van der Waals surface area contributed by atoms with Gasteiger partial charge < -0.3 is 44.1 Å². The van der Waals surface area contributed by atoms with E-state index in [1.807, 2.05) is 0 Å². The number of carbonyl (C=O) groups excluding carboxylic acids is 4. The number of nitrogens with two attached hydrogens (primary N) is 1. The van der Waals surface area contributed by atoms with Gasteiger partial charge in [-0.25, -0.2) is 16.8 Å². The predicted molar refractivity (Wildman–Crippen MR) is 239 cm³/mol. The van der Waals surface area contributed by atoms with Crippen LogP contribution in [0.3, 0.4) is 0 Å². The number of fused-ring (bicyclic) bond motifs is 2. The van der Waals surface area contributed by atoms with Crippen LogP contribution in [-0.4, -0.2) is 80.0 Å². The van der Waals surface area contributed by atoms with Gasteiger partial charge in [-0.3, -0.25) is 30.6 Å². The van der Waals surface area contributed by atoms with E-state index in [1.54, 1.807) is 0 Å². The predicted octanol–water partition coefficient (Wildman–Crippen LogP) is -8.40. The molecule has 2 aliphatic rings. The Balaban J connectivity index is 0.00000361. The van der Waals surface area contributed by atoms with Gasteiger partial charge in [0, 0.05) is 57.3 Å². The van der Waals surface area contributed by atoms with E-state index in [9.17, 15) is 65.4 Å². The van der Waals surface area contributed by atoms with Crippen LogP contribution >= 0.6 is 0 Å². The molecule has 0 spiro atoms. The number of hydrazone groups is 2. The molecule has 26 nitrogen and oxygen atoms in total. The molecule has 0 saturated carbocycles. The van der Waals surface area contributed by atoms with E-state index in [2.05, 4.69) is 41.5 Å². The number of ether oxygens (including phenoxy) is 2. The van der Waals surface area contributed by atoms with Gasteiger partial charge in [0.1, 0.15) is 54.5 Å². The number of nitro groups is 1. The molecule has 2 aliphatic carbocycles. The maximum atomic E-state index is 13.9. The number of aliphatic carboxylic acids is 1. The third kappa shape index (κ3) is 13.9. The number of nitrogens with one attached hydrogen (secondary N) is 2. The Bertz CT molecular complexity index is 3640. The molecule has 0 radical (unpaired) electrons. The first-order valence-corrected chi connectivity index (χ1v) is 22.0. The summed E-state index contributed by atoms with van der Waals surface area (Å²) in [5, 5.41) is 58.8. The largest absolute Gasteiger partial charge is 1.00 e. The smallest absolute Gasteiger partial charge is 0.744 e. The van der Waals surface area contributed by atoms with Gasteiger partial charge in [0.15, 0.2) is 5.78 Å². The van der Waals surface area contributed by atoms with Crippen LogP contribution in [0.1, 0.15) is 26.3 Å². The molecule has 0 fully saturated rings. The topological polar surface area (TPSA) is 415 Å². The molecular formula is C42H26N10Na4O16S2. The van der Waals surface area contributed by atoms with E-state index < -0.39 is 86.7 Å². The van der Waals surface area contributed by atoms with Crippen LogP contribution in [0.5, 0.6) is 11.5 Å². The van der Waals surface area contributed by atoms with Gasteiger partial charge in [0.25, 0.3) is 5.69 Å². The molecule has 0 bridgehead atoms. The summed E-state index contributed by atoms with van der Waals surface area (Å²) in [6, 6.07) is 13.6. The fraction of sp³-hybridized carbons (Fsp3) is 0.0476. The molecule has 5 aromatic carbocycles. The van der Waals surface area contributed by atoms with Crippen molar-refractivity contribution in [2.75, 3.05) is 30.8 Å². The van der Waals surface area contributed by atoms with Crippen LogP contribution in [-0.2, 0) is 29.8 Å². The van der Waals surface area contributed by atoms with Crippen molar-refractivity contribution in [2.45, 2.75) is 4.90 Å². The standard InChI is InChI=1S/C42H30N10O16S2.4Na/c1-67-35-18-33(49-51-39-37(70(64,65)66)16-25-23(40(39)54)7-8-28(43)38(25)50-47-31-9-4-20(52(59)60)14-26(31)41(55)56)36(68-2)17-32(35)48-46-30-11-10-29(22-6-5-21(15-24(22)30)69(61,62)63)45-44-19-3-12-34(53)27(13-19)42(57)58;;;;/h3-18,45,49H,43H2,1-2H3,(H,55,56)(H,57,58)(H,61,62,63)(H,64,65,66);;;;/q;4*+1/p-4/b44-19+,48-46?,50-47?,51-39-;;;;. The van der Waals surface area contributed by atoms with E-state index in [4.69, 9.17) is 15.2 Å². The Morgan fingerprint density at radius 2 is 1.32 bits per heavy atom. The number of carboxylic acids is 2. The average molecular weight is 1080 g/mol. The Morgan fingerprint density at radius 1 is 0.676 bits per heavy atom. The molecule has 4 N–H and O–H groups in total. The van der Waals surface area contributed by atoms with Gasteiger partial charge >= 0.3 is 118 Å². The van der Waals surface area contributed by atoms with Gasteiger partial charge in [0.05, 0.1) is 69.3 Å². The quantitative estimate of drug-likeness (QED) is 0.0128. The summed E-state index contributed by atoms with van der Waals surface area (Å²) in [6.45, 7) is 0. The maximum absolute atomic E-state index is 13.9. The normalized spacial score (nSPS) is 14.2. The van der Waals surface area contributed by atoms with E-state index in [-0.39, 0.29) is 191 Å². The minimum absolute atomic E-state index is 0. The Hall–Kier alpha value is -5.38. The SMILES string of the molecule is COc1cc(N/N=C2\C(=O)c3ccc(N)c(N=Nc4ccc([N+](=O)[O-])cc4C(=O)[O-])c3C=C2S(=O)(=O)[O-])c(OC)cc1N=Nc1ccc(N/N=C2\C=CC(=O)C(C(=O)[O-])=C2)c2ccc(S(=O)(=O)[O-])cc12.[Na+].[Na+].[Na+].[Na+]. The number of rotatable bonds is 15. The monoisotopic (exact) mass is 1080 g/mol. The first kappa shape index (κ1) is 62.9. The molecule has 74 heavy (non-hydrogen) atoms. The average Bonchev–Trinajstić information content (AvgIpc) is 3.31. The van der Waals surface area contributed by atoms with Crippen molar-refractivity contribution < 1.29 is 188 Å². The summed E-state index contributed by atoms with van der Waals surface area (Å²) in [4.78, 5) is 57.4. The number of non-ortho nitro benzene ring substituents is 1. The van der Waals surface area contributed by atoms with Gasteiger partial charge in [-0.05, 0) is 66.8 Å². The minimum Gasteiger partial charge on any atom is -0.744 e. The number of allylic oxidation sites excluding steroid dienone is 4. The number of methoxy groups -OCH3 is 2. The molecule has 0 amide bonds. The number of azo groups is 2. The second-order valence-corrected chi connectivity index (χ2v) is 16.9. The molecule has 0 saturated heterocycles. The van der Waals surface area contributed by atoms with Crippen molar-refractivity contribution >= 4 is 118 Å². The number of anilines is 3. The zero-order chi connectivity index (χ0) is 50.8. The van der Waals surface area contributed by atoms with Crippen LogP contribution in [0.25, 0.3) is 16.8 Å². The molecule has 0 atom stereocenters. The number of carboxylic acid groups (broad SMARTS) is 2. The van der Waals surface area contributed by atoms with Crippen LogP contribution in [0.15, 0.2) is 137 Å². The number of hydrogen-bond donors (Lipinski definition) is 3. The van der Waals surface area contributed by atoms with E-state index in [1.165, 1.54) is 62.8 Å². The fourth-order valence-corrected chi connectivity index (χ4v) is 7.74.